The van der Waals surface area contributed by atoms with E-state index in [1.807, 2.05) is 0 Å². The lowest BCUT2D eigenvalue weighted by molar-refractivity contribution is -0.151. The molecule has 1 unspecified atom stereocenters. The topological polar surface area (TPSA) is 43.4 Å². The number of hydrogen-bond donors (Lipinski definition) is 0. The predicted octanol–water partition coefficient (Wildman–Crippen LogP) is 2.01. The summed E-state index contributed by atoms with van der Waals surface area (Å²) < 4.78 is 5.13. The third-order valence-electron chi connectivity index (χ3n) is 2.37. The van der Waals surface area contributed by atoms with Crippen molar-refractivity contribution in [3.8, 4) is 0 Å². The second kappa shape index (κ2) is 4.94. The minimum atomic E-state index is -0.157. The van der Waals surface area contributed by atoms with E-state index in [0.717, 1.165) is 18.4 Å². The van der Waals surface area contributed by atoms with Gasteiger partial charge in [0.15, 0.2) is 0 Å². The fourth-order valence-corrected chi connectivity index (χ4v) is 1.49. The quantitative estimate of drug-likeness (QED) is 0.510. The standard InChI is InChI=1S/C11H16O3/c1-8(6-7-9(2)12)10-4-3-5-11(13)14-10/h10H,1,3-7H2,2H3. The highest BCUT2D eigenvalue weighted by Crippen LogP contribution is 2.22. The maximum Gasteiger partial charge on any atom is 0.306 e. The average Bonchev–Trinajstić information content (AvgIpc) is 2.14. The van der Waals surface area contributed by atoms with Crippen LogP contribution in [-0.2, 0) is 14.3 Å². The summed E-state index contributed by atoms with van der Waals surface area (Å²) in [6.07, 6.45) is 3.19. The highest BCUT2D eigenvalue weighted by Gasteiger charge is 2.22. The lowest BCUT2D eigenvalue weighted by Gasteiger charge is -2.23. The monoisotopic (exact) mass is 196 g/mol. The summed E-state index contributed by atoms with van der Waals surface area (Å²) >= 11 is 0. The van der Waals surface area contributed by atoms with Gasteiger partial charge in [-0.05, 0) is 31.8 Å². The summed E-state index contributed by atoms with van der Waals surface area (Å²) in [5, 5.41) is 0. The van der Waals surface area contributed by atoms with Gasteiger partial charge in [0.2, 0.25) is 0 Å². The van der Waals surface area contributed by atoms with Crippen LogP contribution in [0.4, 0.5) is 0 Å². The van der Waals surface area contributed by atoms with Crippen molar-refractivity contribution in [3.05, 3.63) is 12.2 Å². The van der Waals surface area contributed by atoms with Gasteiger partial charge in [0.25, 0.3) is 0 Å². The largest absolute Gasteiger partial charge is 0.458 e. The van der Waals surface area contributed by atoms with Crippen molar-refractivity contribution in [2.24, 2.45) is 0 Å². The number of cyclic esters (lactones) is 1. The molecule has 0 N–H and O–H groups in total. The summed E-state index contributed by atoms with van der Waals surface area (Å²) in [6, 6.07) is 0. The molecule has 0 radical (unpaired) electrons. The number of hydrogen-bond acceptors (Lipinski definition) is 3. The summed E-state index contributed by atoms with van der Waals surface area (Å²) in [6.45, 7) is 5.41. The summed E-state index contributed by atoms with van der Waals surface area (Å²) in [4.78, 5) is 21.7. The van der Waals surface area contributed by atoms with Crippen molar-refractivity contribution >= 4 is 11.8 Å². The lowest BCUT2D eigenvalue weighted by atomic mass is 9.98. The zero-order valence-corrected chi connectivity index (χ0v) is 8.54. The Bertz CT molecular complexity index is 255. The van der Waals surface area contributed by atoms with Crippen LogP contribution in [0.3, 0.4) is 0 Å². The molecular formula is C11H16O3. The van der Waals surface area contributed by atoms with Crippen molar-refractivity contribution in [1.82, 2.24) is 0 Å². The van der Waals surface area contributed by atoms with Gasteiger partial charge in [-0.2, -0.15) is 0 Å². The Hall–Kier alpha value is -1.12. The molecule has 14 heavy (non-hydrogen) atoms. The molecule has 1 fully saturated rings. The van der Waals surface area contributed by atoms with Crippen molar-refractivity contribution in [3.63, 3.8) is 0 Å². The van der Waals surface area contributed by atoms with Gasteiger partial charge in [0, 0.05) is 12.8 Å². The smallest absolute Gasteiger partial charge is 0.306 e. The summed E-state index contributed by atoms with van der Waals surface area (Å²) in [5.74, 6) is -0.00138. The Morgan fingerprint density at radius 3 is 2.86 bits per heavy atom. The highest BCUT2D eigenvalue weighted by molar-refractivity contribution is 5.75. The molecule has 1 heterocycles. The first-order valence-electron chi connectivity index (χ1n) is 4.96. The average molecular weight is 196 g/mol. The number of ketones is 1. The van der Waals surface area contributed by atoms with Gasteiger partial charge < -0.3 is 9.53 Å². The Labute approximate surface area is 84.1 Å². The lowest BCUT2D eigenvalue weighted by Crippen LogP contribution is -2.25. The molecule has 0 amide bonds. The summed E-state index contributed by atoms with van der Waals surface area (Å²) in [7, 11) is 0. The molecule has 1 rings (SSSR count). The van der Waals surface area contributed by atoms with E-state index in [1.165, 1.54) is 0 Å². The number of carbonyl (C=O) groups excluding carboxylic acids is 2. The molecule has 3 nitrogen and oxygen atoms in total. The Kier molecular flexibility index (Phi) is 3.86. The van der Waals surface area contributed by atoms with Crippen LogP contribution in [-0.4, -0.2) is 17.9 Å². The van der Waals surface area contributed by atoms with Crippen LogP contribution < -0.4 is 0 Å². The fourth-order valence-electron chi connectivity index (χ4n) is 1.49. The minimum Gasteiger partial charge on any atom is -0.458 e. The van der Waals surface area contributed by atoms with E-state index in [-0.39, 0.29) is 17.9 Å². The van der Waals surface area contributed by atoms with Crippen molar-refractivity contribution in [2.75, 3.05) is 0 Å². The van der Waals surface area contributed by atoms with Crippen LogP contribution in [0.5, 0.6) is 0 Å². The summed E-state index contributed by atoms with van der Waals surface area (Å²) in [5.41, 5.74) is 0.869. The molecule has 0 aromatic rings. The molecule has 0 bridgehead atoms. The zero-order chi connectivity index (χ0) is 10.6. The second-order valence-electron chi connectivity index (χ2n) is 3.73. The SMILES string of the molecule is C=C(CCC(C)=O)C1CCCC(=O)O1. The number of rotatable bonds is 4. The Balaban J connectivity index is 2.36. The van der Waals surface area contributed by atoms with Crippen LogP contribution in [0.2, 0.25) is 0 Å². The fraction of sp³-hybridized carbons (Fsp3) is 0.636. The van der Waals surface area contributed by atoms with E-state index < -0.39 is 0 Å². The number of esters is 1. The molecule has 0 aromatic heterocycles. The maximum absolute atomic E-state index is 11.0. The van der Waals surface area contributed by atoms with E-state index in [4.69, 9.17) is 4.74 Å². The molecule has 1 saturated heterocycles. The zero-order valence-electron chi connectivity index (χ0n) is 8.54. The van der Waals surface area contributed by atoms with Gasteiger partial charge in [-0.3, -0.25) is 4.79 Å². The number of ether oxygens (including phenoxy) is 1. The maximum atomic E-state index is 11.0. The third-order valence-corrected chi connectivity index (χ3v) is 2.37. The van der Waals surface area contributed by atoms with Gasteiger partial charge in [-0.15, -0.1) is 0 Å². The Morgan fingerprint density at radius 1 is 1.57 bits per heavy atom. The van der Waals surface area contributed by atoms with E-state index in [9.17, 15) is 9.59 Å². The van der Waals surface area contributed by atoms with E-state index in [2.05, 4.69) is 6.58 Å². The van der Waals surface area contributed by atoms with E-state index in [0.29, 0.717) is 19.3 Å². The van der Waals surface area contributed by atoms with Gasteiger partial charge >= 0.3 is 5.97 Å². The third kappa shape index (κ3) is 3.32. The van der Waals surface area contributed by atoms with E-state index in [1.54, 1.807) is 6.92 Å². The van der Waals surface area contributed by atoms with Crippen LogP contribution in [0, 0.1) is 0 Å². The molecule has 1 aliphatic heterocycles. The van der Waals surface area contributed by atoms with Crippen molar-refractivity contribution < 1.29 is 14.3 Å². The van der Waals surface area contributed by atoms with Crippen molar-refractivity contribution in [2.45, 2.75) is 45.1 Å². The van der Waals surface area contributed by atoms with Gasteiger partial charge in [-0.25, -0.2) is 0 Å². The van der Waals surface area contributed by atoms with Gasteiger partial charge in [-0.1, -0.05) is 6.58 Å². The molecule has 0 aromatic carbocycles. The van der Waals surface area contributed by atoms with Crippen molar-refractivity contribution in [1.29, 1.82) is 0 Å². The molecule has 1 aliphatic rings. The molecule has 1 atom stereocenters. The van der Waals surface area contributed by atoms with Crippen LogP contribution in [0.1, 0.15) is 39.0 Å². The second-order valence-corrected chi connectivity index (χ2v) is 3.73. The molecule has 3 heteroatoms. The first kappa shape index (κ1) is 11.0. The van der Waals surface area contributed by atoms with Gasteiger partial charge in [0.05, 0.1) is 0 Å². The predicted molar refractivity (Wildman–Crippen MR) is 52.8 cm³/mol. The minimum absolute atomic E-state index is 0.147. The molecule has 78 valence electrons. The highest BCUT2D eigenvalue weighted by atomic mass is 16.5. The molecular weight excluding hydrogens is 180 g/mol. The molecule has 0 aliphatic carbocycles. The van der Waals surface area contributed by atoms with E-state index >= 15 is 0 Å². The number of Topliss-reactive ketones (excluding diaryl/α,β-unsaturated/α-hetero) is 1. The van der Waals surface area contributed by atoms with Crippen LogP contribution >= 0.6 is 0 Å². The normalized spacial score (nSPS) is 21.5. The van der Waals surface area contributed by atoms with Crippen LogP contribution in [0.15, 0.2) is 12.2 Å². The van der Waals surface area contributed by atoms with Gasteiger partial charge in [0.1, 0.15) is 11.9 Å². The first-order chi connectivity index (χ1) is 6.59. The molecule has 0 saturated carbocycles. The van der Waals surface area contributed by atoms with Crippen LogP contribution in [0.25, 0.3) is 0 Å². The molecule has 0 spiro atoms. The number of carbonyl (C=O) groups is 2. The Morgan fingerprint density at radius 2 is 2.29 bits per heavy atom. The first-order valence-corrected chi connectivity index (χ1v) is 4.96.